The summed E-state index contributed by atoms with van der Waals surface area (Å²) >= 11 is 0. The van der Waals surface area contributed by atoms with Crippen molar-refractivity contribution in [2.24, 2.45) is 0 Å². The van der Waals surface area contributed by atoms with Gasteiger partial charge in [-0.15, -0.1) is 0 Å². The molecule has 0 aromatic heterocycles. The standard InChI is InChI=1S/C14H19NO/c1-11(2)13-6-3-12(4-7-13)5-8-14(16)9-10-15/h3-4,6-7,11,14,16H,5,8-9H2,1-2H3. The highest BCUT2D eigenvalue weighted by molar-refractivity contribution is 5.24. The highest BCUT2D eigenvalue weighted by atomic mass is 16.3. The molecule has 0 saturated carbocycles. The summed E-state index contributed by atoms with van der Waals surface area (Å²) < 4.78 is 0. The Morgan fingerprint density at radius 2 is 1.88 bits per heavy atom. The van der Waals surface area contributed by atoms with E-state index in [-0.39, 0.29) is 6.42 Å². The molecule has 0 radical (unpaired) electrons. The first-order valence-electron chi connectivity index (χ1n) is 5.77. The van der Waals surface area contributed by atoms with Crippen molar-refractivity contribution in [2.75, 3.05) is 0 Å². The zero-order chi connectivity index (χ0) is 12.0. The van der Waals surface area contributed by atoms with Crippen molar-refractivity contribution in [3.63, 3.8) is 0 Å². The Kier molecular flexibility index (Phi) is 5.01. The molecular weight excluding hydrogens is 198 g/mol. The zero-order valence-corrected chi connectivity index (χ0v) is 9.98. The average Bonchev–Trinajstić information content (AvgIpc) is 2.27. The molecule has 0 saturated heterocycles. The van der Waals surface area contributed by atoms with Gasteiger partial charge in [-0.05, 0) is 29.9 Å². The summed E-state index contributed by atoms with van der Waals surface area (Å²) in [6.07, 6.45) is 1.23. The zero-order valence-electron chi connectivity index (χ0n) is 9.98. The fourth-order valence-electron chi connectivity index (χ4n) is 1.61. The first kappa shape index (κ1) is 12.7. The number of hydrogen-bond donors (Lipinski definition) is 1. The lowest BCUT2D eigenvalue weighted by molar-refractivity contribution is 0.170. The molecule has 1 rings (SSSR count). The number of rotatable bonds is 5. The fourth-order valence-corrected chi connectivity index (χ4v) is 1.61. The van der Waals surface area contributed by atoms with Gasteiger partial charge in [-0.25, -0.2) is 0 Å². The summed E-state index contributed by atoms with van der Waals surface area (Å²) in [5.41, 5.74) is 2.56. The van der Waals surface area contributed by atoms with Crippen LogP contribution in [0, 0.1) is 11.3 Å². The van der Waals surface area contributed by atoms with E-state index >= 15 is 0 Å². The summed E-state index contributed by atoms with van der Waals surface area (Å²) in [5, 5.41) is 17.9. The molecule has 0 bridgehead atoms. The number of aryl methyl sites for hydroxylation is 1. The Bertz CT molecular complexity index is 348. The van der Waals surface area contributed by atoms with Gasteiger partial charge in [0.25, 0.3) is 0 Å². The van der Waals surface area contributed by atoms with Crippen LogP contribution >= 0.6 is 0 Å². The second-order valence-electron chi connectivity index (χ2n) is 4.45. The van der Waals surface area contributed by atoms with Crippen LogP contribution in [0.25, 0.3) is 0 Å². The van der Waals surface area contributed by atoms with Crippen LogP contribution in [0.15, 0.2) is 24.3 Å². The molecule has 86 valence electrons. The minimum absolute atomic E-state index is 0.226. The molecule has 0 heterocycles. The van der Waals surface area contributed by atoms with Gasteiger partial charge in [0.1, 0.15) is 0 Å². The number of hydrogen-bond acceptors (Lipinski definition) is 2. The van der Waals surface area contributed by atoms with Gasteiger partial charge in [-0.3, -0.25) is 0 Å². The van der Waals surface area contributed by atoms with Gasteiger partial charge in [0.05, 0.1) is 18.6 Å². The Labute approximate surface area is 97.5 Å². The van der Waals surface area contributed by atoms with Crippen LogP contribution in [-0.2, 0) is 6.42 Å². The lowest BCUT2D eigenvalue weighted by Gasteiger charge is -2.08. The molecule has 2 heteroatoms. The first-order valence-corrected chi connectivity index (χ1v) is 5.77. The Morgan fingerprint density at radius 3 is 2.38 bits per heavy atom. The lowest BCUT2D eigenvalue weighted by atomic mass is 9.99. The van der Waals surface area contributed by atoms with Gasteiger partial charge in [0, 0.05) is 0 Å². The molecule has 0 spiro atoms. The van der Waals surface area contributed by atoms with E-state index in [0.717, 1.165) is 6.42 Å². The maximum Gasteiger partial charge on any atom is 0.0673 e. The number of aliphatic hydroxyl groups excluding tert-OH is 1. The summed E-state index contributed by atoms with van der Waals surface area (Å²) in [4.78, 5) is 0. The van der Waals surface area contributed by atoms with E-state index in [1.165, 1.54) is 11.1 Å². The maximum absolute atomic E-state index is 9.43. The van der Waals surface area contributed by atoms with E-state index in [9.17, 15) is 5.11 Å². The molecule has 1 unspecified atom stereocenters. The Morgan fingerprint density at radius 1 is 1.25 bits per heavy atom. The van der Waals surface area contributed by atoms with E-state index in [4.69, 9.17) is 5.26 Å². The van der Waals surface area contributed by atoms with Gasteiger partial charge in [0.2, 0.25) is 0 Å². The largest absolute Gasteiger partial charge is 0.392 e. The van der Waals surface area contributed by atoms with E-state index in [0.29, 0.717) is 12.3 Å². The maximum atomic E-state index is 9.43. The van der Waals surface area contributed by atoms with Crippen molar-refractivity contribution in [2.45, 2.75) is 45.1 Å². The van der Waals surface area contributed by atoms with Gasteiger partial charge in [-0.1, -0.05) is 38.1 Å². The van der Waals surface area contributed by atoms with Crippen LogP contribution in [0.2, 0.25) is 0 Å². The summed E-state index contributed by atoms with van der Waals surface area (Å²) in [6, 6.07) is 10.5. The summed E-state index contributed by atoms with van der Waals surface area (Å²) in [6.45, 7) is 4.34. The third-order valence-electron chi connectivity index (χ3n) is 2.74. The number of aliphatic hydroxyl groups is 1. The molecule has 0 amide bonds. The van der Waals surface area contributed by atoms with E-state index in [1.807, 2.05) is 6.07 Å². The minimum atomic E-state index is -0.491. The molecule has 2 nitrogen and oxygen atoms in total. The van der Waals surface area contributed by atoms with E-state index < -0.39 is 6.10 Å². The topological polar surface area (TPSA) is 44.0 Å². The second-order valence-corrected chi connectivity index (χ2v) is 4.45. The van der Waals surface area contributed by atoms with Crippen LogP contribution in [0.3, 0.4) is 0 Å². The van der Waals surface area contributed by atoms with E-state index in [2.05, 4.69) is 38.1 Å². The molecule has 0 aliphatic rings. The van der Waals surface area contributed by atoms with E-state index in [1.54, 1.807) is 0 Å². The molecule has 0 aliphatic carbocycles. The van der Waals surface area contributed by atoms with Crippen molar-refractivity contribution < 1.29 is 5.11 Å². The van der Waals surface area contributed by atoms with Crippen molar-refractivity contribution in [3.8, 4) is 6.07 Å². The lowest BCUT2D eigenvalue weighted by Crippen LogP contribution is -2.06. The summed E-state index contributed by atoms with van der Waals surface area (Å²) in [5.74, 6) is 0.554. The van der Waals surface area contributed by atoms with Crippen LogP contribution in [0.5, 0.6) is 0 Å². The number of nitrogens with zero attached hydrogens (tertiary/aromatic N) is 1. The van der Waals surface area contributed by atoms with Gasteiger partial charge < -0.3 is 5.11 Å². The third-order valence-corrected chi connectivity index (χ3v) is 2.74. The first-order chi connectivity index (χ1) is 7.63. The predicted octanol–water partition coefficient (Wildman–Crippen LogP) is 3.02. The molecule has 1 atom stereocenters. The highest BCUT2D eigenvalue weighted by Crippen LogP contribution is 2.16. The van der Waals surface area contributed by atoms with Crippen LogP contribution in [-0.4, -0.2) is 11.2 Å². The molecule has 0 aliphatic heterocycles. The average molecular weight is 217 g/mol. The molecule has 16 heavy (non-hydrogen) atoms. The molecular formula is C14H19NO. The SMILES string of the molecule is CC(C)c1ccc(CCC(O)CC#N)cc1. The Hall–Kier alpha value is -1.33. The van der Waals surface area contributed by atoms with Crippen LogP contribution in [0.1, 0.15) is 43.7 Å². The Balaban J connectivity index is 2.47. The smallest absolute Gasteiger partial charge is 0.0673 e. The van der Waals surface area contributed by atoms with Crippen molar-refractivity contribution in [1.29, 1.82) is 5.26 Å². The van der Waals surface area contributed by atoms with Crippen LogP contribution in [0.4, 0.5) is 0 Å². The second kappa shape index (κ2) is 6.30. The predicted molar refractivity (Wildman–Crippen MR) is 65.1 cm³/mol. The van der Waals surface area contributed by atoms with Gasteiger partial charge in [0.15, 0.2) is 0 Å². The molecule has 1 aromatic rings. The van der Waals surface area contributed by atoms with Gasteiger partial charge in [-0.2, -0.15) is 5.26 Å². The number of benzene rings is 1. The highest BCUT2D eigenvalue weighted by Gasteiger charge is 2.04. The molecule has 1 aromatic carbocycles. The summed E-state index contributed by atoms with van der Waals surface area (Å²) in [7, 11) is 0. The van der Waals surface area contributed by atoms with Crippen LogP contribution < -0.4 is 0 Å². The molecule has 0 fully saturated rings. The van der Waals surface area contributed by atoms with Crippen molar-refractivity contribution in [1.82, 2.24) is 0 Å². The quantitative estimate of drug-likeness (QED) is 0.824. The fraction of sp³-hybridized carbons (Fsp3) is 0.500. The minimum Gasteiger partial charge on any atom is -0.392 e. The van der Waals surface area contributed by atoms with Gasteiger partial charge >= 0.3 is 0 Å². The van der Waals surface area contributed by atoms with Crippen molar-refractivity contribution in [3.05, 3.63) is 35.4 Å². The normalized spacial score (nSPS) is 12.4. The number of nitriles is 1. The van der Waals surface area contributed by atoms with Crippen molar-refractivity contribution >= 4 is 0 Å². The monoisotopic (exact) mass is 217 g/mol. The molecule has 1 N–H and O–H groups in total. The third kappa shape index (κ3) is 4.04.